The second kappa shape index (κ2) is 12.7. The van der Waals surface area contributed by atoms with E-state index in [1.807, 2.05) is 26.0 Å². The van der Waals surface area contributed by atoms with Crippen molar-refractivity contribution in [2.75, 3.05) is 45.9 Å². The Kier molecular flexibility index (Phi) is 9.44. The van der Waals surface area contributed by atoms with E-state index < -0.39 is 0 Å². The number of rotatable bonds is 11. The second-order valence-corrected chi connectivity index (χ2v) is 10.9. The molecule has 1 N–H and O–H groups in total. The summed E-state index contributed by atoms with van der Waals surface area (Å²) >= 11 is 7.79. The molecule has 0 radical (unpaired) electrons. The van der Waals surface area contributed by atoms with Gasteiger partial charge in [-0.05, 0) is 80.9 Å². The molecule has 0 spiro atoms. The molecule has 0 aliphatic carbocycles. The molecule has 1 aliphatic rings. The lowest BCUT2D eigenvalue weighted by Gasteiger charge is -2.34. The summed E-state index contributed by atoms with van der Waals surface area (Å²) in [6.45, 7) is 10.4. The molecule has 1 aliphatic heterocycles. The molecule has 0 atom stereocenters. The van der Waals surface area contributed by atoms with E-state index in [0.29, 0.717) is 6.54 Å². The van der Waals surface area contributed by atoms with Gasteiger partial charge in [-0.25, -0.2) is 0 Å². The van der Waals surface area contributed by atoms with Gasteiger partial charge in [0, 0.05) is 52.9 Å². The van der Waals surface area contributed by atoms with Crippen LogP contribution in [0.25, 0.3) is 21.2 Å². The predicted molar refractivity (Wildman–Crippen MR) is 148 cm³/mol. The van der Waals surface area contributed by atoms with Crippen molar-refractivity contribution in [1.29, 1.82) is 0 Å². The molecular formula is C28H36ClN3O2S. The maximum Gasteiger partial charge on any atom is 0.234 e. The molecule has 1 fully saturated rings. The summed E-state index contributed by atoms with van der Waals surface area (Å²) in [5, 5.41) is 7.20. The van der Waals surface area contributed by atoms with Crippen LogP contribution in [0.2, 0.25) is 5.02 Å². The fourth-order valence-corrected chi connectivity index (χ4v) is 5.62. The molecular weight excluding hydrogens is 478 g/mol. The number of benzene rings is 2. The van der Waals surface area contributed by atoms with E-state index in [2.05, 4.69) is 50.8 Å². The van der Waals surface area contributed by atoms with E-state index in [1.165, 1.54) is 34.1 Å². The van der Waals surface area contributed by atoms with Gasteiger partial charge in [-0.1, -0.05) is 23.7 Å². The number of carbonyl (C=O) groups excluding carboxylic acids is 1. The van der Waals surface area contributed by atoms with Gasteiger partial charge < -0.3 is 15.0 Å². The molecule has 0 unspecified atom stereocenters. The van der Waals surface area contributed by atoms with Gasteiger partial charge in [0.05, 0.1) is 13.2 Å². The predicted octanol–water partition coefficient (Wildman–Crippen LogP) is 5.91. The summed E-state index contributed by atoms with van der Waals surface area (Å²) in [6, 6.07) is 14.6. The average Bonchev–Trinajstić information content (AvgIpc) is 3.25. The van der Waals surface area contributed by atoms with E-state index >= 15 is 0 Å². The standard InChI is InChI=1S/C28H36ClN3O2S/c1-21(2)30-28(33)19-32-15-13-31(14-16-32)12-4-3-5-17-34-24-10-11-25-26(20-35-27(25)18-24)22-6-8-23(29)9-7-22/h6-11,18,20-21H,3-5,12-17,19H2,1-2H3,(H,30,33). The largest absolute Gasteiger partial charge is 0.494 e. The Morgan fingerprint density at radius 1 is 1.03 bits per heavy atom. The van der Waals surface area contributed by atoms with Crippen LogP contribution in [0.1, 0.15) is 33.1 Å². The van der Waals surface area contributed by atoms with Gasteiger partial charge in [-0.15, -0.1) is 11.3 Å². The summed E-state index contributed by atoms with van der Waals surface area (Å²) < 4.78 is 7.29. The van der Waals surface area contributed by atoms with Crippen molar-refractivity contribution < 1.29 is 9.53 Å². The molecule has 0 bridgehead atoms. The lowest BCUT2D eigenvalue weighted by atomic mass is 10.0. The highest BCUT2D eigenvalue weighted by Gasteiger charge is 2.18. The number of nitrogens with one attached hydrogen (secondary N) is 1. The number of unbranched alkanes of at least 4 members (excludes halogenated alkanes) is 2. The maximum atomic E-state index is 11.9. The highest BCUT2D eigenvalue weighted by atomic mass is 35.5. The van der Waals surface area contributed by atoms with Gasteiger partial charge in [0.25, 0.3) is 0 Å². The summed E-state index contributed by atoms with van der Waals surface area (Å²) in [6.07, 6.45) is 3.42. The quantitative estimate of drug-likeness (QED) is 0.323. The van der Waals surface area contributed by atoms with Crippen LogP contribution in [-0.4, -0.2) is 67.6 Å². The monoisotopic (exact) mass is 513 g/mol. The fraction of sp³-hybridized carbons (Fsp3) is 0.464. The van der Waals surface area contributed by atoms with Crippen LogP contribution in [0.15, 0.2) is 47.8 Å². The van der Waals surface area contributed by atoms with Gasteiger partial charge in [0.1, 0.15) is 5.75 Å². The first-order valence-electron chi connectivity index (χ1n) is 12.6. The van der Waals surface area contributed by atoms with Crippen molar-refractivity contribution in [2.45, 2.75) is 39.2 Å². The third-order valence-electron chi connectivity index (χ3n) is 6.37. The number of hydrogen-bond acceptors (Lipinski definition) is 5. The number of piperazine rings is 1. The normalized spacial score (nSPS) is 15.1. The van der Waals surface area contributed by atoms with Crippen LogP contribution < -0.4 is 10.1 Å². The smallest absolute Gasteiger partial charge is 0.234 e. The van der Waals surface area contributed by atoms with Crippen LogP contribution >= 0.6 is 22.9 Å². The van der Waals surface area contributed by atoms with Crippen molar-refractivity contribution in [3.05, 3.63) is 52.9 Å². The van der Waals surface area contributed by atoms with Gasteiger partial charge in [0.15, 0.2) is 0 Å². The van der Waals surface area contributed by atoms with E-state index in [0.717, 1.165) is 56.5 Å². The van der Waals surface area contributed by atoms with Gasteiger partial charge in [0.2, 0.25) is 5.91 Å². The molecule has 1 amide bonds. The highest BCUT2D eigenvalue weighted by Crippen LogP contribution is 2.36. The average molecular weight is 514 g/mol. The zero-order valence-electron chi connectivity index (χ0n) is 20.8. The minimum absolute atomic E-state index is 0.133. The minimum atomic E-state index is 0.133. The van der Waals surface area contributed by atoms with Crippen molar-refractivity contribution in [1.82, 2.24) is 15.1 Å². The molecule has 35 heavy (non-hydrogen) atoms. The summed E-state index contributed by atoms with van der Waals surface area (Å²) in [5.74, 6) is 1.08. The molecule has 1 saturated heterocycles. The molecule has 4 rings (SSSR count). The Morgan fingerprint density at radius 2 is 1.77 bits per heavy atom. The fourth-order valence-electron chi connectivity index (χ4n) is 4.50. The summed E-state index contributed by atoms with van der Waals surface area (Å²) in [5.41, 5.74) is 2.43. The third-order valence-corrected chi connectivity index (χ3v) is 7.57. The molecule has 7 heteroatoms. The lowest BCUT2D eigenvalue weighted by molar-refractivity contribution is -0.123. The number of amides is 1. The van der Waals surface area contributed by atoms with E-state index in [4.69, 9.17) is 16.3 Å². The number of ether oxygens (including phenoxy) is 1. The van der Waals surface area contributed by atoms with E-state index in [9.17, 15) is 4.79 Å². The highest BCUT2D eigenvalue weighted by molar-refractivity contribution is 7.17. The Balaban J connectivity index is 1.12. The maximum absolute atomic E-state index is 11.9. The van der Waals surface area contributed by atoms with Gasteiger partial charge >= 0.3 is 0 Å². The first-order chi connectivity index (χ1) is 17.0. The molecule has 3 aromatic rings. The Bertz CT molecular complexity index is 1090. The topological polar surface area (TPSA) is 44.8 Å². The number of carbonyl (C=O) groups is 1. The van der Waals surface area contributed by atoms with Gasteiger partial charge in [-0.2, -0.15) is 0 Å². The zero-order valence-corrected chi connectivity index (χ0v) is 22.3. The molecule has 2 aromatic carbocycles. The SMILES string of the molecule is CC(C)NC(=O)CN1CCN(CCCCCOc2ccc3c(-c4ccc(Cl)cc4)csc3c2)CC1. The third kappa shape index (κ3) is 7.68. The number of thiophene rings is 1. The van der Waals surface area contributed by atoms with Crippen LogP contribution in [0, 0.1) is 0 Å². The van der Waals surface area contributed by atoms with Crippen molar-refractivity contribution >= 4 is 38.9 Å². The lowest BCUT2D eigenvalue weighted by Crippen LogP contribution is -2.50. The minimum Gasteiger partial charge on any atom is -0.494 e. The molecule has 0 saturated carbocycles. The van der Waals surface area contributed by atoms with Gasteiger partial charge in [-0.3, -0.25) is 9.69 Å². The van der Waals surface area contributed by atoms with Crippen molar-refractivity contribution in [3.8, 4) is 16.9 Å². The Labute approximate surface area is 218 Å². The molecule has 1 aromatic heterocycles. The molecule has 5 nitrogen and oxygen atoms in total. The Hall–Kier alpha value is -2.12. The number of hydrogen-bond donors (Lipinski definition) is 1. The van der Waals surface area contributed by atoms with Crippen LogP contribution in [0.5, 0.6) is 5.75 Å². The molecule has 188 valence electrons. The number of nitrogens with zero attached hydrogens (tertiary/aromatic N) is 2. The first-order valence-corrected chi connectivity index (χ1v) is 13.9. The number of halogens is 1. The van der Waals surface area contributed by atoms with Crippen molar-refractivity contribution in [3.63, 3.8) is 0 Å². The van der Waals surface area contributed by atoms with E-state index in [-0.39, 0.29) is 11.9 Å². The summed E-state index contributed by atoms with van der Waals surface area (Å²) in [7, 11) is 0. The van der Waals surface area contributed by atoms with E-state index in [1.54, 1.807) is 11.3 Å². The first kappa shape index (κ1) is 26.0. The van der Waals surface area contributed by atoms with Crippen LogP contribution in [0.4, 0.5) is 0 Å². The Morgan fingerprint density at radius 3 is 2.51 bits per heavy atom. The van der Waals surface area contributed by atoms with Crippen LogP contribution in [-0.2, 0) is 4.79 Å². The van der Waals surface area contributed by atoms with Crippen LogP contribution in [0.3, 0.4) is 0 Å². The second-order valence-electron chi connectivity index (χ2n) is 9.56. The van der Waals surface area contributed by atoms with Crippen molar-refractivity contribution in [2.24, 2.45) is 0 Å². The molecule has 2 heterocycles. The number of fused-ring (bicyclic) bond motifs is 1. The summed E-state index contributed by atoms with van der Waals surface area (Å²) in [4.78, 5) is 16.7. The zero-order chi connectivity index (χ0) is 24.6.